The van der Waals surface area contributed by atoms with Crippen LogP contribution in [-0.4, -0.2) is 5.60 Å². The van der Waals surface area contributed by atoms with Crippen LogP contribution in [0.4, 0.5) is 0 Å². The zero-order chi connectivity index (χ0) is 13.5. The monoisotopic (exact) mass is 250 g/mol. The first-order chi connectivity index (χ1) is 9.07. The van der Waals surface area contributed by atoms with Crippen LogP contribution >= 0.6 is 0 Å². The summed E-state index contributed by atoms with van der Waals surface area (Å²) >= 11 is 0. The molecule has 0 spiro atoms. The second-order valence-electron chi connectivity index (χ2n) is 5.57. The van der Waals surface area contributed by atoms with Crippen LogP contribution in [-0.2, 0) is 0 Å². The van der Waals surface area contributed by atoms with Crippen LogP contribution in [0.5, 0.6) is 5.75 Å². The molecule has 0 unspecified atom stereocenters. The SMILES string of the molecule is Cc1ccccc1C1=CC(C)(C)Oc2ccccc21. The lowest BCUT2D eigenvalue weighted by Gasteiger charge is -2.31. The molecule has 1 heterocycles. The molecule has 1 aliphatic rings. The molecule has 0 saturated heterocycles. The highest BCUT2D eigenvalue weighted by Crippen LogP contribution is 2.39. The van der Waals surface area contributed by atoms with Crippen LogP contribution in [0.3, 0.4) is 0 Å². The van der Waals surface area contributed by atoms with Gasteiger partial charge >= 0.3 is 0 Å². The van der Waals surface area contributed by atoms with Gasteiger partial charge < -0.3 is 4.74 Å². The average molecular weight is 250 g/mol. The van der Waals surface area contributed by atoms with Crippen molar-refractivity contribution in [3.63, 3.8) is 0 Å². The van der Waals surface area contributed by atoms with E-state index in [-0.39, 0.29) is 5.60 Å². The summed E-state index contributed by atoms with van der Waals surface area (Å²) in [6.45, 7) is 6.35. The smallest absolute Gasteiger partial charge is 0.128 e. The van der Waals surface area contributed by atoms with Gasteiger partial charge in [-0.25, -0.2) is 0 Å². The Bertz CT molecular complexity index is 650. The van der Waals surface area contributed by atoms with Crippen molar-refractivity contribution >= 4 is 5.57 Å². The topological polar surface area (TPSA) is 9.23 Å². The zero-order valence-corrected chi connectivity index (χ0v) is 11.6. The molecule has 0 amide bonds. The first-order valence-corrected chi connectivity index (χ1v) is 6.64. The first kappa shape index (κ1) is 12.0. The molecule has 1 nitrogen and oxygen atoms in total. The normalized spacial score (nSPS) is 16.3. The maximum Gasteiger partial charge on any atom is 0.128 e. The van der Waals surface area contributed by atoms with Gasteiger partial charge in [0.1, 0.15) is 11.4 Å². The molecule has 2 aromatic rings. The van der Waals surface area contributed by atoms with E-state index in [1.807, 2.05) is 12.1 Å². The summed E-state index contributed by atoms with van der Waals surface area (Å²) in [4.78, 5) is 0. The van der Waals surface area contributed by atoms with Crippen molar-refractivity contribution in [2.75, 3.05) is 0 Å². The van der Waals surface area contributed by atoms with Gasteiger partial charge in [-0.1, -0.05) is 42.5 Å². The Kier molecular flexibility index (Phi) is 2.70. The van der Waals surface area contributed by atoms with E-state index < -0.39 is 0 Å². The average Bonchev–Trinajstić information content (AvgIpc) is 2.37. The summed E-state index contributed by atoms with van der Waals surface area (Å²) in [5.74, 6) is 0.966. The standard InChI is InChI=1S/C18H18O/c1-13-8-4-5-9-14(13)16-12-18(2,3)19-17-11-7-6-10-15(16)17/h4-12H,1-3H3. The number of benzene rings is 2. The first-order valence-electron chi connectivity index (χ1n) is 6.64. The fourth-order valence-corrected chi connectivity index (χ4v) is 2.61. The van der Waals surface area contributed by atoms with Crippen molar-refractivity contribution in [3.8, 4) is 5.75 Å². The van der Waals surface area contributed by atoms with Gasteiger partial charge in [0.25, 0.3) is 0 Å². The Balaban J connectivity index is 2.24. The van der Waals surface area contributed by atoms with Crippen molar-refractivity contribution in [2.24, 2.45) is 0 Å². The van der Waals surface area contributed by atoms with Crippen molar-refractivity contribution in [1.29, 1.82) is 0 Å². The van der Waals surface area contributed by atoms with E-state index in [4.69, 9.17) is 4.74 Å². The molecule has 0 N–H and O–H groups in total. The fraction of sp³-hybridized carbons (Fsp3) is 0.222. The lowest BCUT2D eigenvalue weighted by atomic mass is 9.88. The van der Waals surface area contributed by atoms with Crippen molar-refractivity contribution in [1.82, 2.24) is 0 Å². The summed E-state index contributed by atoms with van der Waals surface area (Å²) < 4.78 is 6.03. The number of rotatable bonds is 1. The number of aryl methyl sites for hydroxylation is 1. The van der Waals surface area contributed by atoms with E-state index in [9.17, 15) is 0 Å². The zero-order valence-electron chi connectivity index (χ0n) is 11.6. The van der Waals surface area contributed by atoms with Crippen LogP contribution in [0.25, 0.3) is 5.57 Å². The van der Waals surface area contributed by atoms with Gasteiger partial charge in [-0.15, -0.1) is 0 Å². The summed E-state index contributed by atoms with van der Waals surface area (Å²) in [6.07, 6.45) is 2.22. The third-order valence-electron chi connectivity index (χ3n) is 3.48. The molecule has 19 heavy (non-hydrogen) atoms. The maximum absolute atomic E-state index is 6.03. The van der Waals surface area contributed by atoms with Gasteiger partial charge in [0, 0.05) is 5.56 Å². The van der Waals surface area contributed by atoms with Crippen molar-refractivity contribution in [3.05, 3.63) is 71.3 Å². The number of ether oxygens (including phenoxy) is 1. The Morgan fingerprint density at radius 2 is 1.47 bits per heavy atom. The van der Waals surface area contributed by atoms with Gasteiger partial charge in [0.05, 0.1) is 0 Å². The molecule has 2 aromatic carbocycles. The molecule has 0 bridgehead atoms. The second kappa shape index (κ2) is 4.27. The predicted molar refractivity (Wildman–Crippen MR) is 79.4 cm³/mol. The number of para-hydroxylation sites is 1. The maximum atomic E-state index is 6.03. The summed E-state index contributed by atoms with van der Waals surface area (Å²) in [7, 11) is 0. The van der Waals surface area contributed by atoms with E-state index in [0.29, 0.717) is 0 Å². The molecule has 96 valence electrons. The molecule has 0 saturated carbocycles. The molecule has 0 atom stereocenters. The molecule has 0 aliphatic carbocycles. The molecule has 0 fully saturated rings. The van der Waals surface area contributed by atoms with Crippen molar-refractivity contribution in [2.45, 2.75) is 26.4 Å². The molecule has 1 heteroatoms. The molecular weight excluding hydrogens is 232 g/mol. The van der Waals surface area contributed by atoms with Gasteiger partial charge in [-0.05, 0) is 49.6 Å². The third kappa shape index (κ3) is 2.17. The highest BCUT2D eigenvalue weighted by atomic mass is 16.5. The van der Waals surface area contributed by atoms with Crippen LogP contribution in [0.15, 0.2) is 54.6 Å². The largest absolute Gasteiger partial charge is 0.483 e. The fourth-order valence-electron chi connectivity index (χ4n) is 2.61. The quantitative estimate of drug-likeness (QED) is 0.719. The summed E-state index contributed by atoms with van der Waals surface area (Å²) in [6, 6.07) is 16.8. The molecule has 1 aliphatic heterocycles. The van der Waals surface area contributed by atoms with E-state index in [1.54, 1.807) is 0 Å². The Labute approximate surface area is 114 Å². The predicted octanol–water partition coefficient (Wildman–Crippen LogP) is 4.60. The van der Waals surface area contributed by atoms with E-state index in [0.717, 1.165) is 5.75 Å². The van der Waals surface area contributed by atoms with Gasteiger partial charge in [0.2, 0.25) is 0 Å². The molecular formula is C18H18O. The van der Waals surface area contributed by atoms with Crippen LogP contribution in [0.1, 0.15) is 30.5 Å². The van der Waals surface area contributed by atoms with E-state index >= 15 is 0 Å². The van der Waals surface area contributed by atoms with Gasteiger partial charge in [-0.2, -0.15) is 0 Å². The van der Waals surface area contributed by atoms with Crippen molar-refractivity contribution < 1.29 is 4.74 Å². The lowest BCUT2D eigenvalue weighted by molar-refractivity contribution is 0.158. The highest BCUT2D eigenvalue weighted by molar-refractivity contribution is 5.85. The minimum Gasteiger partial charge on any atom is -0.483 e. The minimum atomic E-state index is -0.272. The molecule has 0 aromatic heterocycles. The lowest BCUT2D eigenvalue weighted by Crippen LogP contribution is -2.29. The summed E-state index contributed by atoms with van der Waals surface area (Å²) in [5.41, 5.74) is 4.75. The van der Waals surface area contributed by atoms with Gasteiger partial charge in [-0.3, -0.25) is 0 Å². The van der Waals surface area contributed by atoms with Gasteiger partial charge in [0.15, 0.2) is 0 Å². The number of hydrogen-bond acceptors (Lipinski definition) is 1. The highest BCUT2D eigenvalue weighted by Gasteiger charge is 2.27. The minimum absolute atomic E-state index is 0.272. The number of fused-ring (bicyclic) bond motifs is 1. The summed E-state index contributed by atoms with van der Waals surface area (Å²) in [5, 5.41) is 0. The Morgan fingerprint density at radius 3 is 2.21 bits per heavy atom. The van der Waals surface area contributed by atoms with E-state index in [2.05, 4.69) is 63.2 Å². The molecule has 3 rings (SSSR count). The number of hydrogen-bond donors (Lipinski definition) is 0. The van der Waals surface area contributed by atoms with Crippen LogP contribution in [0.2, 0.25) is 0 Å². The second-order valence-corrected chi connectivity index (χ2v) is 5.57. The Morgan fingerprint density at radius 1 is 0.842 bits per heavy atom. The van der Waals surface area contributed by atoms with E-state index in [1.165, 1.54) is 22.3 Å². The Hall–Kier alpha value is -2.02. The molecule has 0 radical (unpaired) electrons. The van der Waals surface area contributed by atoms with Crippen LogP contribution in [0, 0.1) is 6.92 Å². The third-order valence-corrected chi connectivity index (χ3v) is 3.48. The van der Waals surface area contributed by atoms with Crippen LogP contribution < -0.4 is 4.74 Å².